The molecule has 1 aromatic rings. The van der Waals surface area contributed by atoms with Crippen LogP contribution >= 0.6 is 11.8 Å². The van der Waals surface area contributed by atoms with Gasteiger partial charge in [0.2, 0.25) is 5.91 Å². The Morgan fingerprint density at radius 3 is 2.76 bits per heavy atom. The highest BCUT2D eigenvalue weighted by Crippen LogP contribution is 2.30. The van der Waals surface area contributed by atoms with Crippen LogP contribution in [0.3, 0.4) is 0 Å². The number of carbonyl (C=O) groups excluding carboxylic acids is 1. The van der Waals surface area contributed by atoms with Gasteiger partial charge in [-0.3, -0.25) is 4.79 Å². The first kappa shape index (κ1) is 15.0. The number of hydrogen-bond acceptors (Lipinski definition) is 2. The van der Waals surface area contributed by atoms with Crippen LogP contribution in [0.15, 0.2) is 24.3 Å². The van der Waals surface area contributed by atoms with Crippen molar-refractivity contribution < 1.29 is 4.79 Å². The third-order valence-corrected chi connectivity index (χ3v) is 6.08. The molecule has 1 atom stereocenters. The minimum absolute atomic E-state index is 0.215. The summed E-state index contributed by atoms with van der Waals surface area (Å²) in [6.45, 7) is 0. The molecule has 0 radical (unpaired) electrons. The summed E-state index contributed by atoms with van der Waals surface area (Å²) >= 11 is 1.86. The van der Waals surface area contributed by atoms with E-state index in [-0.39, 0.29) is 11.9 Å². The molecule has 0 aliphatic heterocycles. The van der Waals surface area contributed by atoms with Crippen molar-refractivity contribution >= 4 is 17.7 Å². The van der Waals surface area contributed by atoms with Gasteiger partial charge in [-0.2, -0.15) is 0 Å². The van der Waals surface area contributed by atoms with Gasteiger partial charge in [-0.15, -0.1) is 11.8 Å². The molecule has 0 aromatic heterocycles. The van der Waals surface area contributed by atoms with Crippen LogP contribution in [0.2, 0.25) is 0 Å². The molecule has 0 spiro atoms. The van der Waals surface area contributed by atoms with E-state index in [1.165, 1.54) is 49.7 Å². The molecule has 1 amide bonds. The number of fused-ring (bicyclic) bond motifs is 1. The molecule has 1 fully saturated rings. The topological polar surface area (TPSA) is 29.1 Å². The lowest BCUT2D eigenvalue weighted by Crippen LogP contribution is -2.32. The summed E-state index contributed by atoms with van der Waals surface area (Å²) in [5.41, 5.74) is 2.74. The van der Waals surface area contributed by atoms with Gasteiger partial charge >= 0.3 is 0 Å². The summed E-state index contributed by atoms with van der Waals surface area (Å²) in [4.78, 5) is 12.2. The fourth-order valence-electron chi connectivity index (χ4n) is 3.57. The Balaban J connectivity index is 1.51. The largest absolute Gasteiger partial charge is 0.349 e. The molecule has 3 rings (SSSR count). The average Bonchev–Trinajstić information content (AvgIpc) is 2.54. The van der Waals surface area contributed by atoms with Crippen molar-refractivity contribution in [3.63, 3.8) is 0 Å². The van der Waals surface area contributed by atoms with Crippen molar-refractivity contribution in [1.29, 1.82) is 0 Å². The van der Waals surface area contributed by atoms with Crippen LogP contribution in [0.4, 0.5) is 0 Å². The molecule has 2 aliphatic carbocycles. The van der Waals surface area contributed by atoms with E-state index in [1.807, 2.05) is 11.8 Å². The first-order chi connectivity index (χ1) is 10.3. The highest BCUT2D eigenvalue weighted by atomic mass is 32.2. The molecule has 0 saturated heterocycles. The third-order valence-electron chi connectivity index (χ3n) is 4.71. The van der Waals surface area contributed by atoms with Gasteiger partial charge in [0.1, 0.15) is 0 Å². The molecule has 21 heavy (non-hydrogen) atoms. The maximum absolute atomic E-state index is 12.2. The van der Waals surface area contributed by atoms with Crippen LogP contribution in [0, 0.1) is 0 Å². The van der Waals surface area contributed by atoms with E-state index in [0.29, 0.717) is 11.0 Å². The number of carbonyl (C=O) groups is 1. The van der Waals surface area contributed by atoms with Gasteiger partial charge in [-0.05, 0) is 43.2 Å². The first-order valence-corrected chi connectivity index (χ1v) is 9.36. The molecule has 1 N–H and O–H groups in total. The van der Waals surface area contributed by atoms with Crippen LogP contribution in [0.5, 0.6) is 0 Å². The first-order valence-electron chi connectivity index (χ1n) is 8.32. The second-order valence-electron chi connectivity index (χ2n) is 6.28. The van der Waals surface area contributed by atoms with Crippen molar-refractivity contribution in [3.8, 4) is 0 Å². The van der Waals surface area contributed by atoms with E-state index < -0.39 is 0 Å². The number of rotatable bonds is 4. The molecule has 2 nitrogen and oxygen atoms in total. The number of benzene rings is 1. The monoisotopic (exact) mass is 303 g/mol. The molecule has 0 bridgehead atoms. The normalized spacial score (nSPS) is 22.6. The second kappa shape index (κ2) is 7.35. The van der Waals surface area contributed by atoms with Gasteiger partial charge in [0.15, 0.2) is 0 Å². The Morgan fingerprint density at radius 2 is 1.90 bits per heavy atom. The second-order valence-corrected chi connectivity index (χ2v) is 7.57. The SMILES string of the molecule is O=C(CSC1CCCCC1)N[C@@H]1CCCc2ccccc21. The predicted molar refractivity (Wildman–Crippen MR) is 89.6 cm³/mol. The number of thioether (sulfide) groups is 1. The molecule has 1 saturated carbocycles. The van der Waals surface area contributed by atoms with E-state index in [9.17, 15) is 4.79 Å². The third kappa shape index (κ3) is 4.03. The Labute approximate surface area is 132 Å². The van der Waals surface area contributed by atoms with E-state index in [2.05, 4.69) is 29.6 Å². The van der Waals surface area contributed by atoms with E-state index >= 15 is 0 Å². The number of amides is 1. The molecule has 0 unspecified atom stereocenters. The molecule has 1 aromatic carbocycles. The maximum atomic E-state index is 12.2. The summed E-state index contributed by atoms with van der Waals surface area (Å²) in [5, 5.41) is 3.97. The smallest absolute Gasteiger partial charge is 0.230 e. The standard InChI is InChI=1S/C18H25NOS/c20-18(13-21-15-9-2-1-3-10-15)19-17-12-6-8-14-7-4-5-11-16(14)17/h4-5,7,11,15,17H,1-3,6,8-10,12-13H2,(H,19,20)/t17-/m1/s1. The Bertz CT molecular complexity index is 482. The zero-order chi connectivity index (χ0) is 14.5. The Kier molecular flexibility index (Phi) is 5.23. The minimum Gasteiger partial charge on any atom is -0.349 e. The van der Waals surface area contributed by atoms with Crippen LogP contribution < -0.4 is 5.32 Å². The zero-order valence-electron chi connectivity index (χ0n) is 12.6. The molecule has 3 heteroatoms. The summed E-state index contributed by atoms with van der Waals surface area (Å²) in [6.07, 6.45) is 10.1. The van der Waals surface area contributed by atoms with Gasteiger partial charge in [0.25, 0.3) is 0 Å². The quantitative estimate of drug-likeness (QED) is 0.901. The van der Waals surface area contributed by atoms with Gasteiger partial charge in [0, 0.05) is 5.25 Å². The predicted octanol–water partition coefficient (Wildman–Crippen LogP) is 4.25. The van der Waals surface area contributed by atoms with Crippen LogP contribution in [0.25, 0.3) is 0 Å². The molecule has 2 aliphatic rings. The summed E-state index contributed by atoms with van der Waals surface area (Å²) in [5.74, 6) is 0.843. The van der Waals surface area contributed by atoms with E-state index in [0.717, 1.165) is 12.8 Å². The van der Waals surface area contributed by atoms with Gasteiger partial charge < -0.3 is 5.32 Å². The van der Waals surface area contributed by atoms with Crippen molar-refractivity contribution in [3.05, 3.63) is 35.4 Å². The number of hydrogen-bond donors (Lipinski definition) is 1. The number of nitrogens with one attached hydrogen (secondary N) is 1. The minimum atomic E-state index is 0.215. The van der Waals surface area contributed by atoms with Crippen LogP contribution in [-0.2, 0) is 11.2 Å². The number of aryl methyl sites for hydroxylation is 1. The highest BCUT2D eigenvalue weighted by Gasteiger charge is 2.22. The molecular weight excluding hydrogens is 278 g/mol. The fraction of sp³-hybridized carbons (Fsp3) is 0.611. The van der Waals surface area contributed by atoms with E-state index in [4.69, 9.17) is 0 Å². The molecular formula is C18H25NOS. The molecule has 0 heterocycles. The summed E-state index contributed by atoms with van der Waals surface area (Å²) < 4.78 is 0. The summed E-state index contributed by atoms with van der Waals surface area (Å²) in [7, 11) is 0. The van der Waals surface area contributed by atoms with Crippen molar-refractivity contribution in [2.24, 2.45) is 0 Å². The highest BCUT2D eigenvalue weighted by molar-refractivity contribution is 8.00. The lowest BCUT2D eigenvalue weighted by atomic mass is 9.88. The zero-order valence-corrected chi connectivity index (χ0v) is 13.5. The van der Waals surface area contributed by atoms with E-state index in [1.54, 1.807) is 0 Å². The van der Waals surface area contributed by atoms with Crippen molar-refractivity contribution in [2.45, 2.75) is 62.7 Å². The van der Waals surface area contributed by atoms with Crippen LogP contribution in [0.1, 0.15) is 62.1 Å². The van der Waals surface area contributed by atoms with Gasteiger partial charge in [-0.1, -0.05) is 43.5 Å². The molecule has 114 valence electrons. The van der Waals surface area contributed by atoms with Gasteiger partial charge in [-0.25, -0.2) is 0 Å². The lowest BCUT2D eigenvalue weighted by Gasteiger charge is -2.27. The summed E-state index contributed by atoms with van der Waals surface area (Å²) in [6, 6.07) is 8.79. The lowest BCUT2D eigenvalue weighted by molar-refractivity contribution is -0.119. The maximum Gasteiger partial charge on any atom is 0.230 e. The van der Waals surface area contributed by atoms with Crippen molar-refractivity contribution in [2.75, 3.05) is 5.75 Å². The van der Waals surface area contributed by atoms with Gasteiger partial charge in [0.05, 0.1) is 11.8 Å². The Hall–Kier alpha value is -0.960. The Morgan fingerprint density at radius 1 is 1.10 bits per heavy atom. The van der Waals surface area contributed by atoms with Crippen LogP contribution in [-0.4, -0.2) is 16.9 Å². The van der Waals surface area contributed by atoms with Crippen molar-refractivity contribution in [1.82, 2.24) is 5.32 Å². The average molecular weight is 303 g/mol. The fourth-order valence-corrected chi connectivity index (χ4v) is 4.70.